The van der Waals surface area contributed by atoms with Gasteiger partial charge >= 0.3 is 0 Å². The van der Waals surface area contributed by atoms with Crippen molar-refractivity contribution in [3.8, 4) is 0 Å². The number of benzene rings is 2. The molecule has 7 nitrogen and oxygen atoms in total. The highest BCUT2D eigenvalue weighted by molar-refractivity contribution is 5.94. The van der Waals surface area contributed by atoms with E-state index >= 15 is 0 Å². The SMILES string of the molecule is CCN(C(=O)Cn1c(CN(C)C(=O)c2ccccn2)nc2ccccc21)c1ccccc1. The summed E-state index contributed by atoms with van der Waals surface area (Å²) < 4.78 is 1.89. The fraction of sp³-hybridized carbons (Fsp3) is 0.200. The Balaban J connectivity index is 1.63. The fourth-order valence-electron chi connectivity index (χ4n) is 3.72. The van der Waals surface area contributed by atoms with Gasteiger partial charge in [0.05, 0.1) is 17.6 Å². The van der Waals surface area contributed by atoms with Gasteiger partial charge < -0.3 is 14.4 Å². The number of carbonyl (C=O) groups excluding carboxylic acids is 2. The van der Waals surface area contributed by atoms with Crippen LogP contribution in [-0.2, 0) is 17.9 Å². The first-order valence-corrected chi connectivity index (χ1v) is 10.5. The molecule has 4 aromatic rings. The number of likely N-dealkylation sites (N-methyl/N-ethyl adjacent to an activating group) is 1. The van der Waals surface area contributed by atoms with Crippen LogP contribution >= 0.6 is 0 Å². The van der Waals surface area contributed by atoms with Crippen LogP contribution in [0.25, 0.3) is 11.0 Å². The second-order valence-corrected chi connectivity index (χ2v) is 7.45. The van der Waals surface area contributed by atoms with Crippen LogP contribution in [0.4, 0.5) is 5.69 Å². The van der Waals surface area contributed by atoms with Gasteiger partial charge in [-0.1, -0.05) is 36.4 Å². The van der Waals surface area contributed by atoms with Gasteiger partial charge in [0.2, 0.25) is 5.91 Å². The van der Waals surface area contributed by atoms with Crippen molar-refractivity contribution in [3.05, 3.63) is 90.5 Å². The lowest BCUT2D eigenvalue weighted by Crippen LogP contribution is -2.35. The number of hydrogen-bond acceptors (Lipinski definition) is 4. The average Bonchev–Trinajstić information content (AvgIpc) is 3.17. The third-order valence-electron chi connectivity index (χ3n) is 5.32. The number of para-hydroxylation sites is 3. The largest absolute Gasteiger partial charge is 0.333 e. The molecule has 0 spiro atoms. The molecule has 0 aliphatic heterocycles. The van der Waals surface area contributed by atoms with Crippen LogP contribution in [0.15, 0.2) is 79.0 Å². The summed E-state index contributed by atoms with van der Waals surface area (Å²) in [7, 11) is 1.71. The molecule has 2 heterocycles. The molecule has 0 unspecified atom stereocenters. The number of amides is 2. The minimum atomic E-state index is -0.199. The van der Waals surface area contributed by atoms with Crippen LogP contribution in [0.2, 0.25) is 0 Å². The van der Waals surface area contributed by atoms with Crippen LogP contribution < -0.4 is 4.90 Å². The van der Waals surface area contributed by atoms with E-state index in [0.717, 1.165) is 16.7 Å². The first-order valence-electron chi connectivity index (χ1n) is 10.5. The van der Waals surface area contributed by atoms with E-state index in [1.54, 1.807) is 41.2 Å². The maximum absolute atomic E-state index is 13.3. The lowest BCUT2D eigenvalue weighted by Gasteiger charge is -2.23. The highest BCUT2D eigenvalue weighted by Crippen LogP contribution is 2.20. The van der Waals surface area contributed by atoms with Crippen molar-refractivity contribution in [2.24, 2.45) is 0 Å². The van der Waals surface area contributed by atoms with Crippen molar-refractivity contribution < 1.29 is 9.59 Å². The van der Waals surface area contributed by atoms with Crippen molar-refractivity contribution >= 4 is 28.5 Å². The summed E-state index contributed by atoms with van der Waals surface area (Å²) in [4.78, 5) is 38.2. The van der Waals surface area contributed by atoms with Crippen molar-refractivity contribution in [3.63, 3.8) is 0 Å². The molecule has 7 heteroatoms. The van der Waals surface area contributed by atoms with Crippen molar-refractivity contribution in [1.29, 1.82) is 0 Å². The van der Waals surface area contributed by atoms with Crippen LogP contribution in [-0.4, -0.2) is 44.8 Å². The number of aromatic nitrogens is 3. The lowest BCUT2D eigenvalue weighted by molar-refractivity contribution is -0.119. The van der Waals surface area contributed by atoms with E-state index < -0.39 is 0 Å². The van der Waals surface area contributed by atoms with Crippen molar-refractivity contribution in [2.75, 3.05) is 18.5 Å². The monoisotopic (exact) mass is 427 g/mol. The molecule has 2 aromatic heterocycles. The Kier molecular flexibility index (Phi) is 6.26. The number of fused-ring (bicyclic) bond motifs is 1. The Hall–Kier alpha value is -4.00. The van der Waals surface area contributed by atoms with Crippen LogP contribution in [0, 0.1) is 0 Å². The van der Waals surface area contributed by atoms with E-state index in [2.05, 4.69) is 4.98 Å². The highest BCUT2D eigenvalue weighted by Gasteiger charge is 2.21. The molecule has 0 fully saturated rings. The Morgan fingerprint density at radius 3 is 2.38 bits per heavy atom. The second-order valence-electron chi connectivity index (χ2n) is 7.45. The number of rotatable bonds is 7. The number of pyridine rings is 1. The zero-order valence-corrected chi connectivity index (χ0v) is 18.2. The molecule has 0 aliphatic rings. The summed E-state index contributed by atoms with van der Waals surface area (Å²) in [6.45, 7) is 2.90. The molecule has 0 bridgehead atoms. The summed E-state index contributed by atoms with van der Waals surface area (Å²) >= 11 is 0. The van der Waals surface area contributed by atoms with Gasteiger partial charge in [0.1, 0.15) is 18.1 Å². The third-order valence-corrected chi connectivity index (χ3v) is 5.32. The van der Waals surface area contributed by atoms with E-state index in [1.165, 1.54) is 0 Å². The molecule has 0 atom stereocenters. The molecule has 0 aliphatic carbocycles. The predicted octanol–water partition coefficient (Wildman–Crippen LogP) is 3.76. The third kappa shape index (κ3) is 4.37. The quantitative estimate of drug-likeness (QED) is 0.450. The molecule has 0 saturated carbocycles. The molecule has 2 aromatic carbocycles. The lowest BCUT2D eigenvalue weighted by atomic mass is 10.2. The van der Waals surface area contributed by atoms with Crippen LogP contribution in [0.1, 0.15) is 23.2 Å². The van der Waals surface area contributed by atoms with Crippen LogP contribution in [0.5, 0.6) is 0 Å². The standard InChI is InChI=1S/C25H25N5O2/c1-3-29(19-11-5-4-6-12-19)24(31)18-30-22-15-8-7-13-20(22)27-23(30)17-28(2)25(32)21-14-9-10-16-26-21/h4-16H,3,17-18H2,1-2H3. The summed E-state index contributed by atoms with van der Waals surface area (Å²) in [5.41, 5.74) is 2.87. The summed E-state index contributed by atoms with van der Waals surface area (Å²) in [5, 5.41) is 0. The number of imidazole rings is 1. The molecule has 162 valence electrons. The van der Waals surface area contributed by atoms with Gasteiger partial charge in [-0.3, -0.25) is 14.6 Å². The maximum Gasteiger partial charge on any atom is 0.272 e. The average molecular weight is 428 g/mol. The van der Waals surface area contributed by atoms with Gasteiger partial charge in [-0.25, -0.2) is 4.98 Å². The zero-order chi connectivity index (χ0) is 22.5. The van der Waals surface area contributed by atoms with E-state index in [9.17, 15) is 9.59 Å². The maximum atomic E-state index is 13.3. The Morgan fingerprint density at radius 1 is 0.938 bits per heavy atom. The summed E-state index contributed by atoms with van der Waals surface area (Å²) in [6, 6.07) is 22.5. The smallest absolute Gasteiger partial charge is 0.272 e. The molecule has 0 N–H and O–H groups in total. The number of anilines is 1. The molecule has 4 rings (SSSR count). The number of carbonyl (C=O) groups is 2. The number of nitrogens with zero attached hydrogens (tertiary/aromatic N) is 5. The zero-order valence-electron chi connectivity index (χ0n) is 18.2. The van der Waals surface area contributed by atoms with Gasteiger partial charge in [-0.05, 0) is 43.3 Å². The highest BCUT2D eigenvalue weighted by atomic mass is 16.2. The summed E-state index contributed by atoms with van der Waals surface area (Å²) in [6.07, 6.45) is 1.60. The Morgan fingerprint density at radius 2 is 1.66 bits per heavy atom. The minimum absolute atomic E-state index is 0.0400. The topological polar surface area (TPSA) is 71.3 Å². The molecule has 0 saturated heterocycles. The van der Waals surface area contributed by atoms with E-state index in [1.807, 2.05) is 66.1 Å². The van der Waals surface area contributed by atoms with E-state index in [4.69, 9.17) is 4.98 Å². The van der Waals surface area contributed by atoms with Gasteiger partial charge in [-0.15, -0.1) is 0 Å². The first kappa shape index (κ1) is 21.2. The Bertz CT molecular complexity index is 1220. The number of hydrogen-bond donors (Lipinski definition) is 0. The second kappa shape index (κ2) is 9.43. The molecule has 2 amide bonds. The van der Waals surface area contributed by atoms with Crippen molar-refractivity contribution in [1.82, 2.24) is 19.4 Å². The molecule has 0 radical (unpaired) electrons. The predicted molar refractivity (Wildman–Crippen MR) is 124 cm³/mol. The molecule has 32 heavy (non-hydrogen) atoms. The van der Waals surface area contributed by atoms with Gasteiger partial charge in [-0.2, -0.15) is 0 Å². The fourth-order valence-corrected chi connectivity index (χ4v) is 3.72. The summed E-state index contributed by atoms with van der Waals surface area (Å²) in [5.74, 6) is 0.409. The van der Waals surface area contributed by atoms with E-state index in [-0.39, 0.29) is 24.9 Å². The van der Waals surface area contributed by atoms with E-state index in [0.29, 0.717) is 18.1 Å². The Labute approximate surface area is 186 Å². The van der Waals surface area contributed by atoms with Crippen LogP contribution in [0.3, 0.4) is 0 Å². The molecular weight excluding hydrogens is 402 g/mol. The van der Waals surface area contributed by atoms with Gasteiger partial charge in [0.15, 0.2) is 0 Å². The minimum Gasteiger partial charge on any atom is -0.333 e. The molecular formula is C25H25N5O2. The first-order chi connectivity index (χ1) is 15.6. The van der Waals surface area contributed by atoms with Gasteiger partial charge in [0.25, 0.3) is 5.91 Å². The van der Waals surface area contributed by atoms with Gasteiger partial charge in [0, 0.05) is 25.5 Å². The van der Waals surface area contributed by atoms with Crippen molar-refractivity contribution in [2.45, 2.75) is 20.0 Å². The normalized spacial score (nSPS) is 10.8.